The molecule has 0 spiro atoms. The van der Waals surface area contributed by atoms with Crippen LogP contribution in [-0.4, -0.2) is 48.6 Å². The topological polar surface area (TPSA) is 49.8 Å². The van der Waals surface area contributed by atoms with Crippen LogP contribution in [0.1, 0.15) is 6.42 Å². The van der Waals surface area contributed by atoms with Crippen molar-refractivity contribution in [3.05, 3.63) is 36.0 Å². The third kappa shape index (κ3) is 5.70. The Balaban J connectivity index is 0.00000220. The van der Waals surface area contributed by atoms with Gasteiger partial charge in [0.05, 0.1) is 13.1 Å². The van der Waals surface area contributed by atoms with Gasteiger partial charge in [0.15, 0.2) is 5.96 Å². The molecule has 1 saturated heterocycles. The molecule has 1 fully saturated rings. The van der Waals surface area contributed by atoms with E-state index in [2.05, 4.69) is 26.8 Å². The summed E-state index contributed by atoms with van der Waals surface area (Å²) >= 11 is 5.76. The van der Waals surface area contributed by atoms with E-state index in [1.165, 1.54) is 0 Å². The van der Waals surface area contributed by atoms with Gasteiger partial charge in [0.1, 0.15) is 6.10 Å². The molecule has 1 unspecified atom stereocenters. The van der Waals surface area contributed by atoms with Crippen molar-refractivity contribution in [2.45, 2.75) is 12.5 Å². The number of nitrogens with zero attached hydrogens (tertiary/aromatic N) is 3. The fraction of sp³-hybridized carbons (Fsp3) is 0.429. The van der Waals surface area contributed by atoms with E-state index in [0.717, 1.165) is 25.5 Å². The number of aromatic nitrogens is 1. The third-order valence-corrected chi connectivity index (χ3v) is 3.15. The van der Waals surface area contributed by atoms with E-state index in [0.29, 0.717) is 17.5 Å². The van der Waals surface area contributed by atoms with E-state index in [4.69, 9.17) is 16.3 Å². The van der Waals surface area contributed by atoms with E-state index in [9.17, 15) is 0 Å². The van der Waals surface area contributed by atoms with Crippen LogP contribution < -0.4 is 10.1 Å². The highest BCUT2D eigenvalue weighted by atomic mass is 127. The van der Waals surface area contributed by atoms with Gasteiger partial charge in [-0.25, -0.2) is 4.98 Å². The molecule has 116 valence electrons. The van der Waals surface area contributed by atoms with Crippen molar-refractivity contribution in [2.75, 3.05) is 26.7 Å². The molecule has 0 amide bonds. The quantitative estimate of drug-likeness (QED) is 0.460. The minimum atomic E-state index is 0. The molecule has 1 atom stereocenters. The molecule has 0 aliphatic carbocycles. The van der Waals surface area contributed by atoms with Gasteiger partial charge in [-0.05, 0) is 6.07 Å². The summed E-state index contributed by atoms with van der Waals surface area (Å²) in [4.78, 5) is 10.6. The maximum atomic E-state index is 5.85. The van der Waals surface area contributed by atoms with Gasteiger partial charge in [-0.1, -0.05) is 24.2 Å². The second kappa shape index (κ2) is 9.09. The fourth-order valence-electron chi connectivity index (χ4n) is 2.11. The summed E-state index contributed by atoms with van der Waals surface area (Å²) < 4.78 is 5.85. The van der Waals surface area contributed by atoms with Gasteiger partial charge in [0.2, 0.25) is 5.88 Å². The lowest BCUT2D eigenvalue weighted by Crippen LogP contribution is -2.41. The highest BCUT2D eigenvalue weighted by Crippen LogP contribution is 2.16. The first-order chi connectivity index (χ1) is 9.69. The van der Waals surface area contributed by atoms with Gasteiger partial charge in [0.25, 0.3) is 0 Å². The molecular formula is C14H20ClIN4O. The number of hydrogen-bond acceptors (Lipinski definition) is 3. The number of guanidine groups is 1. The Hall–Kier alpha value is -1.02. The van der Waals surface area contributed by atoms with Crippen LogP contribution in [0.25, 0.3) is 0 Å². The van der Waals surface area contributed by atoms with Crippen LogP contribution in [0.5, 0.6) is 5.88 Å². The highest BCUT2D eigenvalue weighted by Gasteiger charge is 2.26. The molecule has 2 rings (SSSR count). The highest BCUT2D eigenvalue weighted by molar-refractivity contribution is 14.0. The Morgan fingerprint density at radius 2 is 2.43 bits per heavy atom. The van der Waals surface area contributed by atoms with Crippen molar-refractivity contribution < 1.29 is 4.74 Å². The number of halogens is 2. The summed E-state index contributed by atoms with van der Waals surface area (Å²) in [7, 11) is 1.76. The predicted octanol–water partition coefficient (Wildman–Crippen LogP) is 2.48. The molecule has 21 heavy (non-hydrogen) atoms. The summed E-state index contributed by atoms with van der Waals surface area (Å²) in [5.74, 6) is 1.48. The lowest BCUT2D eigenvalue weighted by Gasteiger charge is -2.21. The molecular weight excluding hydrogens is 403 g/mol. The number of nitrogens with one attached hydrogen (secondary N) is 1. The predicted molar refractivity (Wildman–Crippen MR) is 96.6 cm³/mol. The SMILES string of the molecule is C=C(Cl)CNC(=NC)N1CCC(Oc2ccccn2)C1.I. The van der Waals surface area contributed by atoms with Crippen LogP contribution in [0.3, 0.4) is 0 Å². The van der Waals surface area contributed by atoms with Gasteiger partial charge in [0, 0.05) is 37.3 Å². The first-order valence-electron chi connectivity index (χ1n) is 6.55. The van der Waals surface area contributed by atoms with Crippen LogP contribution in [0.2, 0.25) is 0 Å². The average Bonchev–Trinajstić information content (AvgIpc) is 2.89. The maximum Gasteiger partial charge on any atom is 0.213 e. The summed E-state index contributed by atoms with van der Waals surface area (Å²) in [6.45, 7) is 5.84. The molecule has 5 nitrogen and oxygen atoms in total. The Morgan fingerprint density at radius 3 is 3.05 bits per heavy atom. The second-order valence-corrected chi connectivity index (χ2v) is 5.10. The number of rotatable bonds is 4. The fourth-order valence-corrected chi connectivity index (χ4v) is 2.18. The van der Waals surface area contributed by atoms with E-state index in [-0.39, 0.29) is 30.1 Å². The van der Waals surface area contributed by atoms with Gasteiger partial charge >= 0.3 is 0 Å². The number of likely N-dealkylation sites (tertiary alicyclic amines) is 1. The normalized spacial score (nSPS) is 18.1. The van der Waals surface area contributed by atoms with Crippen LogP contribution in [-0.2, 0) is 0 Å². The van der Waals surface area contributed by atoms with Crippen LogP contribution >= 0.6 is 35.6 Å². The van der Waals surface area contributed by atoms with Crippen molar-refractivity contribution in [1.29, 1.82) is 0 Å². The van der Waals surface area contributed by atoms with Crippen molar-refractivity contribution in [3.63, 3.8) is 0 Å². The van der Waals surface area contributed by atoms with Gasteiger partial charge in [-0.2, -0.15) is 0 Å². The van der Waals surface area contributed by atoms with Crippen molar-refractivity contribution in [2.24, 2.45) is 4.99 Å². The first kappa shape index (κ1) is 18.0. The van der Waals surface area contributed by atoms with E-state index in [1.807, 2.05) is 18.2 Å². The molecule has 1 aromatic rings. The zero-order chi connectivity index (χ0) is 14.4. The molecule has 1 aliphatic heterocycles. The minimum absolute atomic E-state index is 0. The molecule has 0 radical (unpaired) electrons. The Morgan fingerprint density at radius 1 is 1.62 bits per heavy atom. The zero-order valence-corrected chi connectivity index (χ0v) is 15.0. The first-order valence-corrected chi connectivity index (χ1v) is 6.93. The smallest absolute Gasteiger partial charge is 0.213 e. The zero-order valence-electron chi connectivity index (χ0n) is 12.0. The maximum absolute atomic E-state index is 5.85. The Labute approximate surface area is 147 Å². The summed E-state index contributed by atoms with van der Waals surface area (Å²) in [5, 5.41) is 3.73. The van der Waals surface area contributed by atoms with E-state index in [1.54, 1.807) is 13.2 Å². The monoisotopic (exact) mass is 422 g/mol. The molecule has 1 N–H and O–H groups in total. The Kier molecular flexibility index (Phi) is 7.81. The summed E-state index contributed by atoms with van der Waals surface area (Å²) in [5.41, 5.74) is 0. The lowest BCUT2D eigenvalue weighted by molar-refractivity contribution is 0.205. The van der Waals surface area contributed by atoms with Crippen LogP contribution in [0.15, 0.2) is 41.0 Å². The van der Waals surface area contributed by atoms with Gasteiger partial charge in [-0.15, -0.1) is 24.0 Å². The van der Waals surface area contributed by atoms with Crippen LogP contribution in [0, 0.1) is 0 Å². The number of aliphatic imine (C=N–C) groups is 1. The number of pyridine rings is 1. The standard InChI is InChI=1S/C14H19ClN4O.HI/c1-11(15)9-18-14(16-2)19-8-6-12(10-19)20-13-5-3-4-7-17-13;/h3-5,7,12H,1,6,8-10H2,2H3,(H,16,18);1H. The average molecular weight is 423 g/mol. The molecule has 0 saturated carbocycles. The summed E-state index contributed by atoms with van der Waals surface area (Å²) in [6, 6.07) is 5.66. The second-order valence-electron chi connectivity index (χ2n) is 4.56. The molecule has 7 heteroatoms. The van der Waals surface area contributed by atoms with Crippen molar-refractivity contribution >= 4 is 41.5 Å². The third-order valence-electron chi connectivity index (χ3n) is 3.02. The molecule has 0 aromatic carbocycles. The molecule has 1 aromatic heterocycles. The van der Waals surface area contributed by atoms with Crippen molar-refractivity contribution in [1.82, 2.24) is 15.2 Å². The van der Waals surface area contributed by atoms with Gasteiger partial charge < -0.3 is 15.0 Å². The van der Waals surface area contributed by atoms with E-state index >= 15 is 0 Å². The minimum Gasteiger partial charge on any atom is -0.472 e. The number of hydrogen-bond donors (Lipinski definition) is 1. The number of ether oxygens (including phenoxy) is 1. The van der Waals surface area contributed by atoms with Crippen molar-refractivity contribution in [3.8, 4) is 5.88 Å². The van der Waals surface area contributed by atoms with Gasteiger partial charge in [-0.3, -0.25) is 4.99 Å². The lowest BCUT2D eigenvalue weighted by atomic mass is 10.3. The van der Waals surface area contributed by atoms with Crippen LogP contribution in [0.4, 0.5) is 0 Å². The molecule has 1 aliphatic rings. The largest absolute Gasteiger partial charge is 0.472 e. The molecule has 0 bridgehead atoms. The Bertz CT molecular complexity index is 483. The summed E-state index contributed by atoms with van der Waals surface area (Å²) in [6.07, 6.45) is 2.80. The van der Waals surface area contributed by atoms with E-state index < -0.39 is 0 Å². The molecule has 2 heterocycles.